The van der Waals surface area contributed by atoms with Crippen LogP contribution in [-0.4, -0.2) is 29.2 Å². The van der Waals surface area contributed by atoms with Crippen molar-refractivity contribution in [2.24, 2.45) is 0 Å². The third-order valence-electron chi connectivity index (χ3n) is 0.469. The topological polar surface area (TPSA) is 49.7 Å². The Kier molecular flexibility index (Phi) is 11.1. The molecule has 2 N–H and O–H groups in total. The Balaban J connectivity index is 0. The maximum Gasteiger partial charge on any atom is 0.152 e. The first-order chi connectivity index (χ1) is 4.54. The molecule has 0 aromatic carbocycles. The zero-order valence-electron chi connectivity index (χ0n) is 7.16. The highest BCUT2D eigenvalue weighted by atomic mass is 16.6. The number of ether oxygens (including phenoxy) is 1. The van der Waals surface area contributed by atoms with Crippen LogP contribution in [0.2, 0.25) is 0 Å². The first-order valence-electron chi connectivity index (χ1n) is 3.48. The summed E-state index contributed by atoms with van der Waals surface area (Å²) in [4.78, 5) is 0. The van der Waals surface area contributed by atoms with Gasteiger partial charge in [0.15, 0.2) is 6.29 Å². The van der Waals surface area contributed by atoms with E-state index in [2.05, 4.69) is 0 Å². The SMILES string of the molecule is CC(C)OC(C)O.CCO. The molecule has 64 valence electrons. The van der Waals surface area contributed by atoms with Crippen LogP contribution in [0.15, 0.2) is 0 Å². The summed E-state index contributed by atoms with van der Waals surface area (Å²) in [5.74, 6) is 0. The Hall–Kier alpha value is -0.120. The highest BCUT2D eigenvalue weighted by molar-refractivity contribution is 4.34. The van der Waals surface area contributed by atoms with E-state index in [9.17, 15) is 0 Å². The van der Waals surface area contributed by atoms with E-state index >= 15 is 0 Å². The highest BCUT2D eigenvalue weighted by Crippen LogP contribution is 1.90. The Morgan fingerprint density at radius 1 is 1.30 bits per heavy atom. The molecule has 10 heavy (non-hydrogen) atoms. The average molecular weight is 150 g/mol. The number of hydrogen-bond acceptors (Lipinski definition) is 3. The molecule has 0 aliphatic heterocycles. The van der Waals surface area contributed by atoms with Crippen LogP contribution in [0.25, 0.3) is 0 Å². The third kappa shape index (κ3) is 24.8. The van der Waals surface area contributed by atoms with Crippen molar-refractivity contribution in [2.45, 2.75) is 40.1 Å². The third-order valence-corrected chi connectivity index (χ3v) is 0.469. The Bertz CT molecular complexity index is 46.8. The van der Waals surface area contributed by atoms with Gasteiger partial charge in [-0.2, -0.15) is 0 Å². The van der Waals surface area contributed by atoms with Crippen LogP contribution in [0.4, 0.5) is 0 Å². The quantitative estimate of drug-likeness (QED) is 0.571. The number of aliphatic hydroxyl groups is 2. The molecule has 3 heteroatoms. The fourth-order valence-corrected chi connectivity index (χ4v) is 0.394. The molecule has 0 aliphatic carbocycles. The summed E-state index contributed by atoms with van der Waals surface area (Å²) in [6.45, 7) is 7.29. The fourth-order valence-electron chi connectivity index (χ4n) is 0.394. The van der Waals surface area contributed by atoms with Crippen molar-refractivity contribution >= 4 is 0 Å². The molecule has 0 saturated carbocycles. The summed E-state index contributed by atoms with van der Waals surface area (Å²) in [5, 5.41) is 16.1. The van der Waals surface area contributed by atoms with E-state index in [0.717, 1.165) is 0 Å². The lowest BCUT2D eigenvalue weighted by molar-refractivity contribution is -0.112. The molecule has 3 nitrogen and oxygen atoms in total. The molecule has 0 aromatic heterocycles. The molecule has 0 radical (unpaired) electrons. The van der Waals surface area contributed by atoms with Gasteiger partial charge in [-0.25, -0.2) is 0 Å². The summed E-state index contributed by atoms with van der Waals surface area (Å²) in [6.07, 6.45) is -0.500. The van der Waals surface area contributed by atoms with Gasteiger partial charge in [-0.05, 0) is 27.7 Å². The zero-order valence-corrected chi connectivity index (χ0v) is 7.16. The van der Waals surface area contributed by atoms with E-state index < -0.39 is 6.29 Å². The molecule has 1 unspecified atom stereocenters. The maximum absolute atomic E-state index is 8.50. The predicted molar refractivity (Wildman–Crippen MR) is 40.7 cm³/mol. The van der Waals surface area contributed by atoms with E-state index in [1.807, 2.05) is 13.8 Å². The van der Waals surface area contributed by atoms with Gasteiger partial charge in [0.25, 0.3) is 0 Å². The van der Waals surface area contributed by atoms with Crippen molar-refractivity contribution in [1.82, 2.24) is 0 Å². The molecule has 0 amide bonds. The maximum atomic E-state index is 8.50. The minimum Gasteiger partial charge on any atom is -0.397 e. The van der Waals surface area contributed by atoms with Crippen LogP contribution in [0.3, 0.4) is 0 Å². The molecule has 0 bridgehead atoms. The molecule has 0 aliphatic rings. The van der Waals surface area contributed by atoms with Crippen molar-refractivity contribution in [3.05, 3.63) is 0 Å². The van der Waals surface area contributed by atoms with E-state index in [1.54, 1.807) is 13.8 Å². The smallest absolute Gasteiger partial charge is 0.152 e. The van der Waals surface area contributed by atoms with Gasteiger partial charge in [0, 0.05) is 6.61 Å². The molecular formula is C7H18O3. The number of hydrogen-bond donors (Lipinski definition) is 2. The van der Waals surface area contributed by atoms with Crippen molar-refractivity contribution in [2.75, 3.05) is 6.61 Å². The van der Waals surface area contributed by atoms with Gasteiger partial charge in [0.05, 0.1) is 6.10 Å². The largest absolute Gasteiger partial charge is 0.397 e. The minimum absolute atomic E-state index is 0.125. The molecule has 0 fully saturated rings. The van der Waals surface area contributed by atoms with Gasteiger partial charge < -0.3 is 14.9 Å². The Morgan fingerprint density at radius 2 is 1.60 bits per heavy atom. The molecule has 0 heterocycles. The molecular weight excluding hydrogens is 132 g/mol. The molecule has 0 rings (SSSR count). The van der Waals surface area contributed by atoms with Gasteiger partial charge in [0.2, 0.25) is 0 Å². The molecule has 0 spiro atoms. The summed E-state index contributed by atoms with van der Waals surface area (Å²) < 4.78 is 4.81. The van der Waals surface area contributed by atoms with Crippen LogP contribution in [0.1, 0.15) is 27.7 Å². The van der Waals surface area contributed by atoms with Crippen molar-refractivity contribution < 1.29 is 14.9 Å². The standard InChI is InChI=1S/C5H12O2.C2H6O/c1-4(2)7-5(3)6;1-2-3/h4-6H,1-3H3;3H,2H2,1H3. The average Bonchev–Trinajstić information content (AvgIpc) is 1.62. The molecule has 0 aromatic rings. The summed E-state index contributed by atoms with van der Waals surface area (Å²) in [7, 11) is 0. The normalized spacial score (nSPS) is 12.3. The van der Waals surface area contributed by atoms with E-state index in [4.69, 9.17) is 14.9 Å². The summed E-state index contributed by atoms with van der Waals surface area (Å²) in [6, 6.07) is 0. The Labute approximate surface area is 62.6 Å². The van der Waals surface area contributed by atoms with E-state index in [-0.39, 0.29) is 12.7 Å². The lowest BCUT2D eigenvalue weighted by atomic mass is 10.5. The van der Waals surface area contributed by atoms with Gasteiger partial charge in [-0.1, -0.05) is 0 Å². The number of rotatable bonds is 2. The van der Waals surface area contributed by atoms with Crippen molar-refractivity contribution in [3.63, 3.8) is 0 Å². The summed E-state index contributed by atoms with van der Waals surface area (Å²) in [5.41, 5.74) is 0. The lowest BCUT2D eigenvalue weighted by Gasteiger charge is -2.08. The molecule has 1 atom stereocenters. The first kappa shape index (κ1) is 12.5. The van der Waals surface area contributed by atoms with Crippen molar-refractivity contribution in [3.8, 4) is 0 Å². The van der Waals surface area contributed by atoms with Crippen LogP contribution in [-0.2, 0) is 4.74 Å². The second-order valence-corrected chi connectivity index (χ2v) is 2.10. The number of aliphatic hydroxyl groups excluding tert-OH is 2. The summed E-state index contributed by atoms with van der Waals surface area (Å²) >= 11 is 0. The van der Waals surface area contributed by atoms with Crippen LogP contribution >= 0.6 is 0 Å². The molecule has 0 saturated heterocycles. The minimum atomic E-state index is -0.625. The Morgan fingerprint density at radius 3 is 1.60 bits per heavy atom. The van der Waals surface area contributed by atoms with E-state index in [1.165, 1.54) is 0 Å². The predicted octanol–water partition coefficient (Wildman–Crippen LogP) is 0.748. The second-order valence-electron chi connectivity index (χ2n) is 2.10. The van der Waals surface area contributed by atoms with E-state index in [0.29, 0.717) is 0 Å². The van der Waals surface area contributed by atoms with Gasteiger partial charge in [-0.15, -0.1) is 0 Å². The first-order valence-corrected chi connectivity index (χ1v) is 3.48. The van der Waals surface area contributed by atoms with Gasteiger partial charge >= 0.3 is 0 Å². The zero-order chi connectivity index (χ0) is 8.57. The van der Waals surface area contributed by atoms with Gasteiger partial charge in [0.1, 0.15) is 0 Å². The van der Waals surface area contributed by atoms with Gasteiger partial charge in [-0.3, -0.25) is 0 Å². The van der Waals surface area contributed by atoms with Crippen molar-refractivity contribution in [1.29, 1.82) is 0 Å². The van der Waals surface area contributed by atoms with Crippen LogP contribution < -0.4 is 0 Å². The lowest BCUT2D eigenvalue weighted by Crippen LogP contribution is -2.12. The monoisotopic (exact) mass is 150 g/mol. The highest BCUT2D eigenvalue weighted by Gasteiger charge is 1.95. The second kappa shape index (κ2) is 8.88. The van der Waals surface area contributed by atoms with Crippen LogP contribution in [0.5, 0.6) is 0 Å². The fraction of sp³-hybridized carbons (Fsp3) is 1.00. The van der Waals surface area contributed by atoms with Crippen LogP contribution in [0, 0.1) is 0 Å².